The Balaban J connectivity index is 2.10. The molecule has 96 valence electrons. The molecule has 1 unspecified atom stereocenters. The maximum atomic E-state index is 12.0. The number of aromatic nitrogens is 1. The van der Waals surface area contributed by atoms with Crippen LogP contribution in [0, 0.1) is 5.92 Å². The standard InChI is InChI=1S/C14H18N2O2/c1-9(2)13(17)8-16-14(18)11-7-15-12-6-4-3-5-10(11)12/h3-7,9,13,15,17H,8H2,1-2H3,(H,16,18). The third-order valence-electron chi connectivity index (χ3n) is 3.08. The summed E-state index contributed by atoms with van der Waals surface area (Å²) >= 11 is 0. The van der Waals surface area contributed by atoms with Crippen molar-refractivity contribution in [1.82, 2.24) is 10.3 Å². The van der Waals surface area contributed by atoms with E-state index in [9.17, 15) is 9.90 Å². The van der Waals surface area contributed by atoms with Gasteiger partial charge in [-0.25, -0.2) is 0 Å². The number of fused-ring (bicyclic) bond motifs is 1. The highest BCUT2D eigenvalue weighted by atomic mass is 16.3. The van der Waals surface area contributed by atoms with Crippen molar-refractivity contribution in [2.24, 2.45) is 5.92 Å². The minimum Gasteiger partial charge on any atom is -0.391 e. The Hall–Kier alpha value is -1.81. The van der Waals surface area contributed by atoms with Gasteiger partial charge < -0.3 is 15.4 Å². The summed E-state index contributed by atoms with van der Waals surface area (Å²) in [5.41, 5.74) is 1.55. The van der Waals surface area contributed by atoms with E-state index in [-0.39, 0.29) is 18.4 Å². The number of carbonyl (C=O) groups excluding carboxylic acids is 1. The van der Waals surface area contributed by atoms with Gasteiger partial charge in [-0.2, -0.15) is 0 Å². The predicted octanol–water partition coefficient (Wildman–Crippen LogP) is 1.91. The summed E-state index contributed by atoms with van der Waals surface area (Å²) in [5, 5.41) is 13.3. The zero-order chi connectivity index (χ0) is 13.1. The topological polar surface area (TPSA) is 65.1 Å². The Morgan fingerprint density at radius 2 is 2.11 bits per heavy atom. The van der Waals surface area contributed by atoms with E-state index in [4.69, 9.17) is 0 Å². The van der Waals surface area contributed by atoms with E-state index in [2.05, 4.69) is 10.3 Å². The van der Waals surface area contributed by atoms with E-state index >= 15 is 0 Å². The molecule has 4 nitrogen and oxygen atoms in total. The minimum absolute atomic E-state index is 0.133. The van der Waals surface area contributed by atoms with Crippen LogP contribution in [-0.2, 0) is 0 Å². The first-order valence-corrected chi connectivity index (χ1v) is 6.12. The number of aliphatic hydroxyl groups is 1. The molecule has 1 aromatic heterocycles. The highest BCUT2D eigenvalue weighted by molar-refractivity contribution is 6.06. The molecule has 0 aliphatic heterocycles. The number of nitrogens with one attached hydrogen (secondary N) is 2. The van der Waals surface area contributed by atoms with Crippen molar-refractivity contribution in [1.29, 1.82) is 0 Å². The first-order valence-electron chi connectivity index (χ1n) is 6.12. The Labute approximate surface area is 106 Å². The molecule has 0 fully saturated rings. The number of aliphatic hydroxyl groups excluding tert-OH is 1. The fourth-order valence-electron chi connectivity index (χ4n) is 1.79. The molecule has 0 saturated carbocycles. The molecule has 0 aliphatic rings. The van der Waals surface area contributed by atoms with Crippen LogP contribution in [-0.4, -0.2) is 28.6 Å². The molecule has 0 saturated heterocycles. The van der Waals surface area contributed by atoms with Crippen molar-refractivity contribution in [3.8, 4) is 0 Å². The molecular weight excluding hydrogens is 228 g/mol. The largest absolute Gasteiger partial charge is 0.391 e. The molecule has 0 radical (unpaired) electrons. The van der Waals surface area contributed by atoms with Crippen LogP contribution in [0.1, 0.15) is 24.2 Å². The second kappa shape index (κ2) is 5.23. The highest BCUT2D eigenvalue weighted by Gasteiger charge is 2.14. The zero-order valence-corrected chi connectivity index (χ0v) is 10.6. The lowest BCUT2D eigenvalue weighted by molar-refractivity contribution is 0.0873. The van der Waals surface area contributed by atoms with Gasteiger partial charge in [0, 0.05) is 23.6 Å². The van der Waals surface area contributed by atoms with E-state index in [0.717, 1.165) is 10.9 Å². The molecule has 4 heteroatoms. The van der Waals surface area contributed by atoms with E-state index in [1.165, 1.54) is 0 Å². The summed E-state index contributed by atoms with van der Waals surface area (Å²) in [5.74, 6) is -0.0274. The lowest BCUT2D eigenvalue weighted by Gasteiger charge is -2.14. The van der Waals surface area contributed by atoms with Crippen molar-refractivity contribution < 1.29 is 9.90 Å². The molecule has 2 rings (SSSR count). The van der Waals surface area contributed by atoms with Gasteiger partial charge in [-0.3, -0.25) is 4.79 Å². The van der Waals surface area contributed by atoms with Crippen molar-refractivity contribution in [3.63, 3.8) is 0 Å². The van der Waals surface area contributed by atoms with Gasteiger partial charge in [0.25, 0.3) is 5.91 Å². The van der Waals surface area contributed by atoms with E-state index in [1.807, 2.05) is 38.1 Å². The molecule has 0 spiro atoms. The summed E-state index contributed by atoms with van der Waals surface area (Å²) in [6.45, 7) is 4.11. The van der Waals surface area contributed by atoms with Gasteiger partial charge in [-0.05, 0) is 12.0 Å². The number of aromatic amines is 1. The van der Waals surface area contributed by atoms with E-state index in [1.54, 1.807) is 6.20 Å². The summed E-state index contributed by atoms with van der Waals surface area (Å²) in [6, 6.07) is 7.65. The third kappa shape index (κ3) is 2.54. The fraction of sp³-hybridized carbons (Fsp3) is 0.357. The number of carbonyl (C=O) groups is 1. The number of amides is 1. The van der Waals surface area contributed by atoms with E-state index < -0.39 is 6.10 Å². The molecule has 0 aliphatic carbocycles. The maximum Gasteiger partial charge on any atom is 0.253 e. The van der Waals surface area contributed by atoms with Crippen LogP contribution in [0.15, 0.2) is 30.5 Å². The molecule has 2 aromatic rings. The van der Waals surface area contributed by atoms with Crippen LogP contribution >= 0.6 is 0 Å². The molecule has 1 amide bonds. The van der Waals surface area contributed by atoms with Gasteiger partial charge >= 0.3 is 0 Å². The normalized spacial score (nSPS) is 12.9. The summed E-state index contributed by atoms with van der Waals surface area (Å²) in [4.78, 5) is 15.1. The lowest BCUT2D eigenvalue weighted by atomic mass is 10.1. The van der Waals surface area contributed by atoms with E-state index in [0.29, 0.717) is 5.56 Å². The van der Waals surface area contributed by atoms with Crippen LogP contribution in [0.5, 0.6) is 0 Å². The van der Waals surface area contributed by atoms with Gasteiger partial charge in [0.15, 0.2) is 0 Å². The Morgan fingerprint density at radius 1 is 1.39 bits per heavy atom. The van der Waals surface area contributed by atoms with Gasteiger partial charge in [-0.15, -0.1) is 0 Å². The number of hydrogen-bond acceptors (Lipinski definition) is 2. The number of hydrogen-bond donors (Lipinski definition) is 3. The quantitative estimate of drug-likeness (QED) is 0.771. The Kier molecular flexibility index (Phi) is 3.67. The molecule has 3 N–H and O–H groups in total. The minimum atomic E-state index is -0.515. The molecule has 18 heavy (non-hydrogen) atoms. The molecular formula is C14H18N2O2. The van der Waals surface area contributed by atoms with Gasteiger partial charge in [-0.1, -0.05) is 32.0 Å². The monoisotopic (exact) mass is 246 g/mol. The van der Waals surface area contributed by atoms with Gasteiger partial charge in [0.2, 0.25) is 0 Å². The van der Waals surface area contributed by atoms with Crippen molar-refractivity contribution in [3.05, 3.63) is 36.0 Å². The smallest absolute Gasteiger partial charge is 0.253 e. The molecule has 1 atom stereocenters. The number of para-hydroxylation sites is 1. The number of rotatable bonds is 4. The molecule has 1 aromatic carbocycles. The second-order valence-electron chi connectivity index (χ2n) is 4.77. The molecule has 1 heterocycles. The summed E-state index contributed by atoms with van der Waals surface area (Å²) < 4.78 is 0. The van der Waals surface area contributed by atoms with Crippen LogP contribution in [0.2, 0.25) is 0 Å². The predicted molar refractivity (Wildman–Crippen MR) is 71.5 cm³/mol. The maximum absolute atomic E-state index is 12.0. The SMILES string of the molecule is CC(C)C(O)CNC(=O)c1c[nH]c2ccccc12. The number of H-pyrrole nitrogens is 1. The van der Waals surface area contributed by atoms with Gasteiger partial charge in [0.1, 0.15) is 0 Å². The summed E-state index contributed by atoms with van der Waals surface area (Å²) in [6.07, 6.45) is 1.18. The van der Waals surface area contributed by atoms with Crippen LogP contribution in [0.4, 0.5) is 0 Å². The van der Waals surface area contributed by atoms with Crippen molar-refractivity contribution >= 4 is 16.8 Å². The lowest BCUT2D eigenvalue weighted by Crippen LogP contribution is -2.34. The summed E-state index contributed by atoms with van der Waals surface area (Å²) in [7, 11) is 0. The highest BCUT2D eigenvalue weighted by Crippen LogP contribution is 2.17. The first-order chi connectivity index (χ1) is 8.59. The second-order valence-corrected chi connectivity index (χ2v) is 4.77. The third-order valence-corrected chi connectivity index (χ3v) is 3.08. The average Bonchev–Trinajstić information content (AvgIpc) is 2.79. The van der Waals surface area contributed by atoms with Crippen LogP contribution in [0.3, 0.4) is 0 Å². The first kappa shape index (κ1) is 12.6. The average molecular weight is 246 g/mol. The zero-order valence-electron chi connectivity index (χ0n) is 10.6. The van der Waals surface area contributed by atoms with Crippen LogP contribution < -0.4 is 5.32 Å². The van der Waals surface area contributed by atoms with Crippen molar-refractivity contribution in [2.45, 2.75) is 20.0 Å². The molecule has 0 bridgehead atoms. The fourth-order valence-corrected chi connectivity index (χ4v) is 1.79. The Morgan fingerprint density at radius 3 is 2.83 bits per heavy atom. The number of benzene rings is 1. The van der Waals surface area contributed by atoms with Crippen LogP contribution in [0.25, 0.3) is 10.9 Å². The Bertz CT molecular complexity index is 545. The van der Waals surface area contributed by atoms with Crippen molar-refractivity contribution in [2.75, 3.05) is 6.54 Å². The van der Waals surface area contributed by atoms with Gasteiger partial charge in [0.05, 0.1) is 11.7 Å².